The van der Waals surface area contributed by atoms with Crippen LogP contribution in [-0.4, -0.2) is 37.0 Å². The van der Waals surface area contributed by atoms with E-state index in [0.29, 0.717) is 12.5 Å². The topological polar surface area (TPSA) is 41.5 Å². The van der Waals surface area contributed by atoms with E-state index in [0.717, 1.165) is 32.5 Å². The lowest BCUT2D eigenvalue weighted by atomic mass is 10.1. The van der Waals surface area contributed by atoms with E-state index in [1.54, 1.807) is 0 Å². The van der Waals surface area contributed by atoms with Crippen molar-refractivity contribution in [2.45, 2.75) is 46.1 Å². The molecule has 0 aromatic carbocycles. The smallest absolute Gasteiger partial charge is 0.0599 e. The van der Waals surface area contributed by atoms with Crippen LogP contribution in [0.25, 0.3) is 0 Å². The third-order valence-corrected chi connectivity index (χ3v) is 2.18. The predicted molar refractivity (Wildman–Crippen MR) is 64.1 cm³/mol. The largest absolute Gasteiger partial charge is 0.396 e. The van der Waals surface area contributed by atoms with Crippen molar-refractivity contribution in [3.8, 4) is 0 Å². The van der Waals surface area contributed by atoms with E-state index >= 15 is 0 Å². The van der Waals surface area contributed by atoms with Crippen molar-refractivity contribution in [3.63, 3.8) is 0 Å². The van der Waals surface area contributed by atoms with Crippen LogP contribution in [0.3, 0.4) is 0 Å². The molecule has 92 valence electrons. The fourth-order valence-electron chi connectivity index (χ4n) is 1.22. The maximum absolute atomic E-state index is 8.82. The summed E-state index contributed by atoms with van der Waals surface area (Å²) in [4.78, 5) is 0. The zero-order valence-corrected chi connectivity index (χ0v) is 10.7. The van der Waals surface area contributed by atoms with Crippen LogP contribution in [0.5, 0.6) is 0 Å². The highest BCUT2D eigenvalue weighted by molar-refractivity contribution is 4.59. The Morgan fingerprint density at radius 1 is 1.27 bits per heavy atom. The average Bonchev–Trinajstić information content (AvgIpc) is 2.14. The summed E-state index contributed by atoms with van der Waals surface area (Å²) in [7, 11) is 0. The fourth-order valence-corrected chi connectivity index (χ4v) is 1.22. The summed E-state index contributed by atoms with van der Waals surface area (Å²) >= 11 is 0. The normalized spacial score (nSPS) is 14.2. The summed E-state index contributed by atoms with van der Waals surface area (Å²) in [6, 6.07) is 0. The van der Waals surface area contributed by atoms with Gasteiger partial charge in [0.1, 0.15) is 0 Å². The van der Waals surface area contributed by atoms with Crippen molar-refractivity contribution in [1.82, 2.24) is 5.32 Å². The fraction of sp³-hybridized carbons (Fsp3) is 1.00. The highest BCUT2D eigenvalue weighted by Crippen LogP contribution is 2.05. The van der Waals surface area contributed by atoms with Gasteiger partial charge in [0.2, 0.25) is 0 Å². The number of ether oxygens (including phenoxy) is 1. The van der Waals surface area contributed by atoms with Gasteiger partial charge in [0.05, 0.1) is 12.2 Å². The minimum atomic E-state index is -0.0346. The molecular formula is C12H27NO2. The monoisotopic (exact) mass is 217 g/mol. The molecule has 15 heavy (non-hydrogen) atoms. The minimum Gasteiger partial charge on any atom is -0.396 e. The Morgan fingerprint density at radius 3 is 2.47 bits per heavy atom. The van der Waals surface area contributed by atoms with Crippen LogP contribution in [0.4, 0.5) is 0 Å². The molecular weight excluding hydrogens is 190 g/mol. The third-order valence-electron chi connectivity index (χ3n) is 2.18. The Labute approximate surface area is 94.2 Å². The van der Waals surface area contributed by atoms with Gasteiger partial charge in [-0.15, -0.1) is 0 Å². The molecule has 2 N–H and O–H groups in total. The highest BCUT2D eigenvalue weighted by atomic mass is 16.5. The second kappa shape index (κ2) is 8.08. The summed E-state index contributed by atoms with van der Waals surface area (Å²) in [6.07, 6.45) is 2.21. The van der Waals surface area contributed by atoms with E-state index in [2.05, 4.69) is 33.0 Å². The van der Waals surface area contributed by atoms with E-state index in [1.165, 1.54) is 0 Å². The van der Waals surface area contributed by atoms with Crippen LogP contribution in [0.2, 0.25) is 0 Å². The number of aliphatic hydroxyl groups is 1. The van der Waals surface area contributed by atoms with Crippen LogP contribution in [-0.2, 0) is 4.74 Å². The molecule has 0 saturated carbocycles. The van der Waals surface area contributed by atoms with E-state index in [1.807, 2.05) is 0 Å². The van der Waals surface area contributed by atoms with Gasteiger partial charge in [-0.05, 0) is 46.1 Å². The van der Waals surface area contributed by atoms with Crippen molar-refractivity contribution in [2.75, 3.05) is 26.3 Å². The molecule has 0 saturated heterocycles. The molecule has 1 atom stereocenters. The standard InChI is InChI=1S/C12H27NO2/c1-11(10-14)6-5-7-13-8-9-15-12(2,3)4/h11,13-14H,5-10H2,1-4H3. The molecule has 0 fully saturated rings. The van der Waals surface area contributed by atoms with Crippen LogP contribution in [0.15, 0.2) is 0 Å². The number of aliphatic hydroxyl groups excluding tert-OH is 1. The maximum Gasteiger partial charge on any atom is 0.0599 e. The predicted octanol–water partition coefficient (Wildman–Crippen LogP) is 1.80. The Hall–Kier alpha value is -0.120. The first kappa shape index (κ1) is 14.9. The Balaban J connectivity index is 3.12. The second-order valence-electron chi connectivity index (χ2n) is 5.14. The summed E-state index contributed by atoms with van der Waals surface area (Å²) in [5.41, 5.74) is -0.0346. The third kappa shape index (κ3) is 11.8. The summed E-state index contributed by atoms with van der Waals surface area (Å²) in [6.45, 7) is 11.2. The van der Waals surface area contributed by atoms with Crippen molar-refractivity contribution in [2.24, 2.45) is 5.92 Å². The Kier molecular flexibility index (Phi) is 8.02. The molecule has 3 nitrogen and oxygen atoms in total. The summed E-state index contributed by atoms with van der Waals surface area (Å²) in [5.74, 6) is 0.428. The Bertz CT molecular complexity index is 143. The molecule has 3 heteroatoms. The molecule has 0 bridgehead atoms. The van der Waals surface area contributed by atoms with Gasteiger partial charge in [-0.1, -0.05) is 6.92 Å². The zero-order valence-electron chi connectivity index (χ0n) is 10.7. The lowest BCUT2D eigenvalue weighted by Gasteiger charge is -2.19. The first-order valence-corrected chi connectivity index (χ1v) is 5.91. The van der Waals surface area contributed by atoms with Gasteiger partial charge in [0, 0.05) is 13.2 Å². The van der Waals surface area contributed by atoms with Crippen molar-refractivity contribution >= 4 is 0 Å². The van der Waals surface area contributed by atoms with Gasteiger partial charge in [0.15, 0.2) is 0 Å². The molecule has 0 rings (SSSR count). The van der Waals surface area contributed by atoms with Gasteiger partial charge in [-0.2, -0.15) is 0 Å². The van der Waals surface area contributed by atoms with Crippen molar-refractivity contribution < 1.29 is 9.84 Å². The summed E-state index contributed by atoms with van der Waals surface area (Å²) < 4.78 is 5.58. The van der Waals surface area contributed by atoms with Crippen LogP contribution < -0.4 is 5.32 Å². The van der Waals surface area contributed by atoms with E-state index < -0.39 is 0 Å². The summed E-state index contributed by atoms with van der Waals surface area (Å²) in [5, 5.41) is 12.2. The lowest BCUT2D eigenvalue weighted by molar-refractivity contribution is -0.000782. The van der Waals surface area contributed by atoms with Gasteiger partial charge >= 0.3 is 0 Å². The van der Waals surface area contributed by atoms with Gasteiger partial charge in [-0.3, -0.25) is 0 Å². The first-order chi connectivity index (χ1) is 6.95. The molecule has 0 heterocycles. The van der Waals surface area contributed by atoms with Gasteiger partial charge < -0.3 is 15.2 Å². The molecule has 1 unspecified atom stereocenters. The van der Waals surface area contributed by atoms with Crippen LogP contribution in [0.1, 0.15) is 40.5 Å². The lowest BCUT2D eigenvalue weighted by Crippen LogP contribution is -2.27. The molecule has 0 aliphatic rings. The highest BCUT2D eigenvalue weighted by Gasteiger charge is 2.08. The molecule has 0 aromatic heterocycles. The van der Waals surface area contributed by atoms with Gasteiger partial charge in [0.25, 0.3) is 0 Å². The second-order valence-corrected chi connectivity index (χ2v) is 5.14. The zero-order chi connectivity index (χ0) is 11.7. The molecule has 0 radical (unpaired) electrons. The molecule has 0 aliphatic carbocycles. The van der Waals surface area contributed by atoms with Crippen LogP contribution in [0, 0.1) is 5.92 Å². The first-order valence-electron chi connectivity index (χ1n) is 5.91. The number of hydrogen-bond donors (Lipinski definition) is 2. The Morgan fingerprint density at radius 2 is 1.93 bits per heavy atom. The van der Waals surface area contributed by atoms with E-state index in [-0.39, 0.29) is 5.60 Å². The SMILES string of the molecule is CC(CO)CCCNCCOC(C)(C)C. The number of hydrogen-bond acceptors (Lipinski definition) is 3. The minimum absolute atomic E-state index is 0.0346. The quantitative estimate of drug-likeness (QED) is 0.609. The van der Waals surface area contributed by atoms with E-state index in [4.69, 9.17) is 9.84 Å². The van der Waals surface area contributed by atoms with Crippen molar-refractivity contribution in [3.05, 3.63) is 0 Å². The van der Waals surface area contributed by atoms with E-state index in [9.17, 15) is 0 Å². The number of nitrogens with one attached hydrogen (secondary N) is 1. The van der Waals surface area contributed by atoms with Crippen molar-refractivity contribution in [1.29, 1.82) is 0 Å². The molecule has 0 spiro atoms. The number of rotatable bonds is 8. The molecule has 0 aromatic rings. The van der Waals surface area contributed by atoms with Crippen LogP contribution >= 0.6 is 0 Å². The maximum atomic E-state index is 8.82. The van der Waals surface area contributed by atoms with Gasteiger partial charge in [-0.25, -0.2) is 0 Å². The molecule has 0 amide bonds. The molecule has 0 aliphatic heterocycles. The average molecular weight is 217 g/mol.